The van der Waals surface area contributed by atoms with Crippen LogP contribution in [-0.2, 0) is 0 Å². The summed E-state index contributed by atoms with van der Waals surface area (Å²) in [7, 11) is 0. The maximum absolute atomic E-state index is 13.8. The summed E-state index contributed by atoms with van der Waals surface area (Å²) >= 11 is 6.25. The second-order valence-electron chi connectivity index (χ2n) is 13.1. The number of fused-ring (bicyclic) bond motifs is 4. The van der Waals surface area contributed by atoms with Gasteiger partial charge in [-0.05, 0) is 86.6 Å². The summed E-state index contributed by atoms with van der Waals surface area (Å²) < 4.78 is 27.1. The Hall–Kier alpha value is -6.72. The maximum Gasteiger partial charge on any atom is 0.262 e. The standard InChI is InChI=1S/C24H16FN3O2.C19H12ClFN2O2/c1-14(28-23(29)17-6-2-3-7-18(17)24(28)30)19-12-15-9-10-16(25)13-21(15)27-22(19)20-8-4-5-11-26-20;1-10(23-18(24)13-4-2-3-5-14(13)19(23)25)15-8-11-6-7-12(21)9-16(11)22-17(15)20/h2-14H,1H3;2-10H,1H3/t14-;10-/m00/s1. The van der Waals surface area contributed by atoms with Gasteiger partial charge >= 0.3 is 0 Å². The molecule has 55 heavy (non-hydrogen) atoms. The van der Waals surface area contributed by atoms with Crippen molar-refractivity contribution in [3.63, 3.8) is 0 Å². The van der Waals surface area contributed by atoms with E-state index in [0.29, 0.717) is 61.2 Å². The molecule has 4 amide bonds. The van der Waals surface area contributed by atoms with Crippen LogP contribution in [0.1, 0.15) is 78.5 Å². The molecule has 9 nitrogen and oxygen atoms in total. The van der Waals surface area contributed by atoms with Gasteiger partial charge in [0.1, 0.15) is 16.8 Å². The van der Waals surface area contributed by atoms with Gasteiger partial charge in [-0.2, -0.15) is 0 Å². The van der Waals surface area contributed by atoms with E-state index in [9.17, 15) is 28.0 Å². The van der Waals surface area contributed by atoms with E-state index in [1.54, 1.807) is 98.9 Å². The van der Waals surface area contributed by atoms with Crippen molar-refractivity contribution in [1.82, 2.24) is 24.8 Å². The summed E-state index contributed by atoms with van der Waals surface area (Å²) in [5.74, 6) is -2.18. The minimum atomic E-state index is -0.596. The summed E-state index contributed by atoms with van der Waals surface area (Å²) in [6.07, 6.45) is 1.64. The van der Waals surface area contributed by atoms with E-state index in [-0.39, 0.29) is 34.6 Å². The highest BCUT2D eigenvalue weighted by Gasteiger charge is 2.41. The summed E-state index contributed by atoms with van der Waals surface area (Å²) in [5, 5.41) is 1.54. The predicted octanol–water partition coefficient (Wildman–Crippen LogP) is 9.18. The van der Waals surface area contributed by atoms with Gasteiger partial charge in [-0.1, -0.05) is 41.9 Å². The van der Waals surface area contributed by atoms with E-state index in [2.05, 4.69) is 15.0 Å². The number of rotatable bonds is 5. The first kappa shape index (κ1) is 35.3. The molecule has 9 rings (SSSR count). The molecule has 0 radical (unpaired) electrons. The molecule has 3 aromatic heterocycles. The largest absolute Gasteiger partial charge is 0.269 e. The van der Waals surface area contributed by atoms with Gasteiger partial charge < -0.3 is 0 Å². The molecule has 0 N–H and O–H groups in total. The topological polar surface area (TPSA) is 113 Å². The van der Waals surface area contributed by atoms with E-state index >= 15 is 0 Å². The molecule has 0 bridgehead atoms. The van der Waals surface area contributed by atoms with Gasteiger partial charge in [-0.25, -0.2) is 18.7 Å². The fourth-order valence-electron chi connectivity index (χ4n) is 7.01. The second kappa shape index (κ2) is 13.9. The summed E-state index contributed by atoms with van der Waals surface area (Å²) in [4.78, 5) is 66.9. The Kier molecular flexibility index (Phi) is 8.94. The van der Waals surface area contributed by atoms with Crippen molar-refractivity contribution >= 4 is 57.0 Å². The molecule has 4 aromatic carbocycles. The number of halogens is 3. The molecule has 2 aliphatic heterocycles. The lowest BCUT2D eigenvalue weighted by Gasteiger charge is -2.25. The molecule has 0 fully saturated rings. The molecule has 0 aliphatic carbocycles. The molecule has 0 unspecified atom stereocenters. The Labute approximate surface area is 317 Å². The van der Waals surface area contributed by atoms with Crippen LogP contribution < -0.4 is 0 Å². The monoisotopic (exact) mass is 751 g/mol. The number of imide groups is 2. The molecule has 7 aromatic rings. The zero-order chi connectivity index (χ0) is 38.5. The highest BCUT2D eigenvalue weighted by Crippen LogP contribution is 2.37. The highest BCUT2D eigenvalue weighted by molar-refractivity contribution is 6.31. The minimum absolute atomic E-state index is 0.141. The Morgan fingerprint density at radius 1 is 0.545 bits per heavy atom. The van der Waals surface area contributed by atoms with Gasteiger partial charge in [0.25, 0.3) is 23.6 Å². The molecule has 2 atom stereocenters. The Bertz CT molecular complexity index is 2680. The lowest BCUT2D eigenvalue weighted by molar-refractivity contribution is 0.0579. The van der Waals surface area contributed by atoms with Crippen LogP contribution in [0.15, 0.2) is 121 Å². The molecule has 0 saturated heterocycles. The number of carbonyl (C=O) groups is 4. The molecular weight excluding hydrogens is 724 g/mol. The number of nitrogens with zero attached hydrogens (tertiary/aromatic N) is 5. The maximum atomic E-state index is 13.8. The normalized spacial score (nSPS) is 14.6. The number of carbonyl (C=O) groups excluding carboxylic acids is 4. The van der Waals surface area contributed by atoms with Crippen LogP contribution >= 0.6 is 11.6 Å². The Morgan fingerprint density at radius 3 is 1.45 bits per heavy atom. The van der Waals surface area contributed by atoms with Crippen molar-refractivity contribution in [3.8, 4) is 11.4 Å². The average Bonchev–Trinajstić information content (AvgIpc) is 3.61. The third kappa shape index (κ3) is 6.18. The molecule has 0 saturated carbocycles. The number of benzene rings is 4. The number of hydrogen-bond acceptors (Lipinski definition) is 7. The highest BCUT2D eigenvalue weighted by atomic mass is 35.5. The summed E-state index contributed by atoms with van der Waals surface area (Å²) in [5.41, 5.74) is 4.75. The van der Waals surface area contributed by atoms with Crippen LogP contribution in [0.3, 0.4) is 0 Å². The van der Waals surface area contributed by atoms with Crippen molar-refractivity contribution in [2.45, 2.75) is 25.9 Å². The van der Waals surface area contributed by atoms with E-state index < -0.39 is 17.9 Å². The van der Waals surface area contributed by atoms with Gasteiger partial charge in [0, 0.05) is 40.2 Å². The first-order valence-electron chi connectivity index (χ1n) is 17.2. The van der Waals surface area contributed by atoms with Crippen molar-refractivity contribution in [2.24, 2.45) is 0 Å². The van der Waals surface area contributed by atoms with Crippen LogP contribution in [0.25, 0.3) is 33.2 Å². The fourth-order valence-corrected chi connectivity index (χ4v) is 7.31. The van der Waals surface area contributed by atoms with Crippen molar-refractivity contribution in [1.29, 1.82) is 0 Å². The SMILES string of the molecule is C[C@@H](c1cc2ccc(F)cc2nc1-c1ccccn1)N1C(=O)c2ccccc2C1=O.C[C@@H](c1cc2ccc(F)cc2nc1Cl)N1C(=O)c2ccccc2C1=O. The van der Waals surface area contributed by atoms with E-state index in [1.165, 1.54) is 34.1 Å². The van der Waals surface area contributed by atoms with Gasteiger partial charge in [0.2, 0.25) is 0 Å². The molecule has 0 spiro atoms. The van der Waals surface area contributed by atoms with E-state index in [1.807, 2.05) is 12.1 Å². The molecule has 5 heterocycles. The van der Waals surface area contributed by atoms with Crippen LogP contribution in [0.5, 0.6) is 0 Å². The third-order valence-corrected chi connectivity index (χ3v) is 10.1. The van der Waals surface area contributed by atoms with Crippen molar-refractivity contribution in [2.75, 3.05) is 0 Å². The van der Waals surface area contributed by atoms with E-state index in [0.717, 1.165) is 5.39 Å². The first-order valence-corrected chi connectivity index (χ1v) is 17.6. The van der Waals surface area contributed by atoms with Gasteiger partial charge in [0.15, 0.2) is 0 Å². The lowest BCUT2D eigenvalue weighted by atomic mass is 10.00. The molecule has 12 heteroatoms. The number of aromatic nitrogens is 3. The molecular formula is C43H28ClF2N5O4. The van der Waals surface area contributed by atoms with Gasteiger partial charge in [-0.3, -0.25) is 34.0 Å². The average molecular weight is 752 g/mol. The zero-order valence-electron chi connectivity index (χ0n) is 29.2. The van der Waals surface area contributed by atoms with Crippen molar-refractivity contribution < 1.29 is 28.0 Å². The molecule has 2 aliphatic rings. The van der Waals surface area contributed by atoms with Crippen LogP contribution in [0, 0.1) is 11.6 Å². The smallest absolute Gasteiger partial charge is 0.262 e. The summed E-state index contributed by atoms with van der Waals surface area (Å²) in [6.45, 7) is 3.51. The number of hydrogen-bond donors (Lipinski definition) is 0. The Balaban J connectivity index is 0.000000158. The predicted molar refractivity (Wildman–Crippen MR) is 202 cm³/mol. The Morgan fingerprint density at radius 2 is 0.982 bits per heavy atom. The number of amides is 4. The number of pyridine rings is 3. The van der Waals surface area contributed by atoms with Gasteiger partial charge in [0.05, 0.1) is 56.8 Å². The van der Waals surface area contributed by atoms with Gasteiger partial charge in [-0.15, -0.1) is 0 Å². The summed E-state index contributed by atoms with van der Waals surface area (Å²) in [6, 6.07) is 29.9. The quantitative estimate of drug-likeness (QED) is 0.127. The third-order valence-electron chi connectivity index (χ3n) is 9.80. The van der Waals surface area contributed by atoms with Crippen LogP contribution in [0.4, 0.5) is 8.78 Å². The zero-order valence-corrected chi connectivity index (χ0v) is 30.0. The first-order chi connectivity index (χ1) is 26.5. The molecule has 270 valence electrons. The van der Waals surface area contributed by atoms with Crippen LogP contribution in [0.2, 0.25) is 5.15 Å². The second-order valence-corrected chi connectivity index (χ2v) is 13.4. The minimum Gasteiger partial charge on any atom is -0.269 e. The van der Waals surface area contributed by atoms with E-state index in [4.69, 9.17) is 11.6 Å². The van der Waals surface area contributed by atoms with Crippen LogP contribution in [-0.4, -0.2) is 48.4 Å². The van der Waals surface area contributed by atoms with Crippen molar-refractivity contribution in [3.05, 3.63) is 172 Å². The lowest BCUT2D eigenvalue weighted by Crippen LogP contribution is -2.33. The fraction of sp³-hybridized carbons (Fsp3) is 0.0930.